The fourth-order valence-electron chi connectivity index (χ4n) is 2.81. The lowest BCUT2D eigenvalue weighted by Crippen LogP contribution is -2.12. The number of aromatic nitrogens is 1. The highest BCUT2D eigenvalue weighted by Gasteiger charge is 2.11. The van der Waals surface area contributed by atoms with Crippen LogP contribution in [0.2, 0.25) is 0 Å². The standard InChI is InChI=1S/C22H22BrN3O4S/c1-14(2)16-7-10-20(18(23)12-16)30-11-3-4-21(27)25-22-24-19(13-31-22)15-5-8-17(9-6-15)26(28)29/h5-10,12-14H,3-4,11H2,1-2H3,(H,24,25,27). The molecule has 0 spiro atoms. The Morgan fingerprint density at radius 3 is 2.65 bits per heavy atom. The van der Waals surface area contributed by atoms with Crippen LogP contribution < -0.4 is 10.1 Å². The zero-order chi connectivity index (χ0) is 22.4. The number of nitrogens with zero attached hydrogens (tertiary/aromatic N) is 2. The van der Waals surface area contributed by atoms with Gasteiger partial charge in [0, 0.05) is 29.5 Å². The van der Waals surface area contributed by atoms with Gasteiger partial charge in [0.15, 0.2) is 5.13 Å². The number of carbonyl (C=O) groups is 1. The molecule has 31 heavy (non-hydrogen) atoms. The number of nitrogens with one attached hydrogen (secondary N) is 1. The van der Waals surface area contributed by atoms with E-state index in [1.165, 1.54) is 29.0 Å². The van der Waals surface area contributed by atoms with Crippen LogP contribution in [0.3, 0.4) is 0 Å². The number of rotatable bonds is 9. The molecule has 7 nitrogen and oxygen atoms in total. The minimum Gasteiger partial charge on any atom is -0.492 e. The van der Waals surface area contributed by atoms with Crippen molar-refractivity contribution in [3.05, 3.63) is 68.0 Å². The van der Waals surface area contributed by atoms with E-state index in [9.17, 15) is 14.9 Å². The van der Waals surface area contributed by atoms with Crippen LogP contribution in [0.4, 0.5) is 10.8 Å². The molecule has 0 unspecified atom stereocenters. The molecule has 0 saturated heterocycles. The van der Waals surface area contributed by atoms with Gasteiger partial charge in [-0.15, -0.1) is 11.3 Å². The smallest absolute Gasteiger partial charge is 0.269 e. The zero-order valence-electron chi connectivity index (χ0n) is 17.1. The van der Waals surface area contributed by atoms with Crippen molar-refractivity contribution in [1.29, 1.82) is 0 Å². The average molecular weight is 504 g/mol. The maximum absolute atomic E-state index is 12.2. The number of anilines is 1. The predicted molar refractivity (Wildman–Crippen MR) is 126 cm³/mol. The molecule has 3 aromatic rings. The molecule has 0 bridgehead atoms. The molecule has 1 aromatic heterocycles. The van der Waals surface area contributed by atoms with E-state index in [1.54, 1.807) is 17.5 Å². The summed E-state index contributed by atoms with van der Waals surface area (Å²) in [4.78, 5) is 26.9. The summed E-state index contributed by atoms with van der Waals surface area (Å²) >= 11 is 4.84. The fourth-order valence-corrected chi connectivity index (χ4v) is 4.05. The summed E-state index contributed by atoms with van der Waals surface area (Å²) in [6.45, 7) is 4.70. The van der Waals surface area contributed by atoms with E-state index in [-0.39, 0.29) is 11.6 Å². The van der Waals surface area contributed by atoms with Gasteiger partial charge in [0.05, 0.1) is 21.7 Å². The van der Waals surface area contributed by atoms with Crippen molar-refractivity contribution in [1.82, 2.24) is 4.98 Å². The highest BCUT2D eigenvalue weighted by Crippen LogP contribution is 2.29. The van der Waals surface area contributed by atoms with Crippen molar-refractivity contribution < 1.29 is 14.5 Å². The number of non-ortho nitro benzene ring substituents is 1. The molecule has 0 saturated carbocycles. The Morgan fingerprint density at radius 2 is 2.00 bits per heavy atom. The van der Waals surface area contributed by atoms with Crippen LogP contribution in [0.1, 0.15) is 38.2 Å². The van der Waals surface area contributed by atoms with Gasteiger partial charge in [-0.05, 0) is 58.1 Å². The van der Waals surface area contributed by atoms with Gasteiger partial charge >= 0.3 is 0 Å². The van der Waals surface area contributed by atoms with Crippen molar-refractivity contribution >= 4 is 44.0 Å². The second kappa shape index (κ2) is 10.5. The summed E-state index contributed by atoms with van der Waals surface area (Å²) in [5.74, 6) is 1.07. The first-order valence-corrected chi connectivity index (χ1v) is 11.4. The molecule has 0 radical (unpaired) electrons. The quantitative estimate of drug-likeness (QED) is 0.207. The van der Waals surface area contributed by atoms with Crippen LogP contribution in [0.15, 0.2) is 52.3 Å². The van der Waals surface area contributed by atoms with Crippen LogP contribution in [0, 0.1) is 10.1 Å². The first-order chi connectivity index (χ1) is 14.8. The van der Waals surface area contributed by atoms with E-state index in [4.69, 9.17) is 4.74 Å². The molecule has 1 amide bonds. The highest BCUT2D eigenvalue weighted by atomic mass is 79.9. The third-order valence-corrected chi connectivity index (χ3v) is 5.93. The minimum atomic E-state index is -0.445. The van der Waals surface area contributed by atoms with Crippen molar-refractivity contribution in [3.63, 3.8) is 0 Å². The van der Waals surface area contributed by atoms with Gasteiger partial charge in [0.25, 0.3) is 5.69 Å². The summed E-state index contributed by atoms with van der Waals surface area (Å²) in [6.07, 6.45) is 0.888. The molecule has 0 atom stereocenters. The lowest BCUT2D eigenvalue weighted by atomic mass is 10.0. The molecular formula is C22H22BrN3O4S. The molecule has 0 aliphatic carbocycles. The molecule has 0 aliphatic rings. The molecule has 0 fully saturated rings. The van der Waals surface area contributed by atoms with Crippen LogP contribution >= 0.6 is 27.3 Å². The van der Waals surface area contributed by atoms with Crippen molar-refractivity contribution in [3.8, 4) is 17.0 Å². The summed E-state index contributed by atoms with van der Waals surface area (Å²) in [5, 5.41) is 15.8. The van der Waals surface area contributed by atoms with Crippen molar-refractivity contribution in [2.75, 3.05) is 11.9 Å². The summed E-state index contributed by atoms with van der Waals surface area (Å²) < 4.78 is 6.68. The number of amides is 1. The normalized spacial score (nSPS) is 10.8. The first kappa shape index (κ1) is 22.9. The summed E-state index contributed by atoms with van der Waals surface area (Å²) in [5.41, 5.74) is 2.67. The Hall–Kier alpha value is -2.78. The van der Waals surface area contributed by atoms with Crippen LogP contribution in [0.25, 0.3) is 11.3 Å². The lowest BCUT2D eigenvalue weighted by Gasteiger charge is -2.11. The number of carbonyl (C=O) groups excluding carboxylic acids is 1. The second-order valence-corrected chi connectivity index (χ2v) is 8.90. The Labute approximate surface area is 192 Å². The Kier molecular flexibility index (Phi) is 7.75. The Balaban J connectivity index is 1.46. The number of nitro groups is 1. The molecule has 2 aromatic carbocycles. The number of hydrogen-bond donors (Lipinski definition) is 1. The van der Waals surface area contributed by atoms with Gasteiger partial charge in [0.1, 0.15) is 5.75 Å². The molecule has 162 valence electrons. The monoisotopic (exact) mass is 503 g/mol. The maximum Gasteiger partial charge on any atom is 0.269 e. The van der Waals surface area contributed by atoms with E-state index < -0.39 is 4.92 Å². The summed E-state index contributed by atoms with van der Waals surface area (Å²) in [7, 11) is 0. The number of halogens is 1. The van der Waals surface area contributed by atoms with Crippen LogP contribution in [-0.2, 0) is 4.79 Å². The van der Waals surface area contributed by atoms with Crippen LogP contribution in [0.5, 0.6) is 5.75 Å². The van der Waals surface area contributed by atoms with Gasteiger partial charge in [-0.25, -0.2) is 4.98 Å². The van der Waals surface area contributed by atoms with E-state index >= 15 is 0 Å². The number of benzene rings is 2. The molecule has 1 heterocycles. The summed E-state index contributed by atoms with van der Waals surface area (Å²) in [6, 6.07) is 12.2. The number of ether oxygens (including phenoxy) is 1. The highest BCUT2D eigenvalue weighted by molar-refractivity contribution is 9.10. The third kappa shape index (κ3) is 6.35. The van der Waals surface area contributed by atoms with Crippen molar-refractivity contribution in [2.45, 2.75) is 32.6 Å². The fraction of sp³-hybridized carbons (Fsp3) is 0.273. The Morgan fingerprint density at radius 1 is 1.26 bits per heavy atom. The van der Waals surface area contributed by atoms with Gasteiger partial charge in [-0.2, -0.15) is 0 Å². The molecule has 3 rings (SSSR count). The second-order valence-electron chi connectivity index (χ2n) is 7.19. The number of thiazole rings is 1. The van der Waals surface area contributed by atoms with E-state index in [0.717, 1.165) is 15.8 Å². The molecule has 9 heteroatoms. The van der Waals surface area contributed by atoms with Gasteiger partial charge < -0.3 is 10.1 Å². The first-order valence-electron chi connectivity index (χ1n) is 9.76. The van der Waals surface area contributed by atoms with E-state index in [0.29, 0.717) is 36.2 Å². The molecule has 0 aliphatic heterocycles. The third-order valence-electron chi connectivity index (χ3n) is 4.55. The minimum absolute atomic E-state index is 0.0256. The van der Waals surface area contributed by atoms with Crippen molar-refractivity contribution in [2.24, 2.45) is 0 Å². The molecule has 1 N–H and O–H groups in total. The van der Waals surface area contributed by atoms with Gasteiger partial charge in [0.2, 0.25) is 5.91 Å². The largest absolute Gasteiger partial charge is 0.492 e. The number of nitro benzene ring substituents is 1. The van der Waals surface area contributed by atoms with E-state index in [1.807, 2.05) is 12.1 Å². The zero-order valence-corrected chi connectivity index (χ0v) is 19.5. The number of hydrogen-bond acceptors (Lipinski definition) is 6. The topological polar surface area (TPSA) is 94.4 Å². The van der Waals surface area contributed by atoms with E-state index in [2.05, 4.69) is 46.1 Å². The SMILES string of the molecule is CC(C)c1ccc(OCCCC(=O)Nc2nc(-c3ccc([N+](=O)[O-])cc3)cs2)c(Br)c1. The lowest BCUT2D eigenvalue weighted by molar-refractivity contribution is -0.384. The van der Waals surface area contributed by atoms with Crippen LogP contribution in [-0.4, -0.2) is 22.4 Å². The Bertz CT molecular complexity index is 1070. The van der Waals surface area contributed by atoms with Gasteiger partial charge in [-0.3, -0.25) is 14.9 Å². The maximum atomic E-state index is 12.2. The van der Waals surface area contributed by atoms with Gasteiger partial charge in [-0.1, -0.05) is 19.9 Å². The average Bonchev–Trinajstić information content (AvgIpc) is 3.20. The molecular weight excluding hydrogens is 482 g/mol. The predicted octanol–water partition coefficient (Wildman–Crippen LogP) is 6.40.